The molecule has 0 aromatic carbocycles. The number of aromatic nitrogens is 4. The Labute approximate surface area is 318 Å². The van der Waals surface area contributed by atoms with E-state index in [1.807, 2.05) is 0 Å². The maximum absolute atomic E-state index is 13.4. The van der Waals surface area contributed by atoms with Gasteiger partial charge in [-0.05, 0) is 29.2 Å². The summed E-state index contributed by atoms with van der Waals surface area (Å²) in [5.74, 6) is 1.01. The van der Waals surface area contributed by atoms with Gasteiger partial charge < -0.3 is 40.1 Å². The molecule has 3 rings (SSSR count). The number of aliphatic hydroxyl groups excluding tert-OH is 6. The summed E-state index contributed by atoms with van der Waals surface area (Å²) in [4.78, 5) is 13.4. The molecule has 13 heteroatoms. The lowest BCUT2D eigenvalue weighted by atomic mass is 9.81. The molecule has 1 saturated heterocycles. The molecule has 310 valence electrons. The Morgan fingerprint density at radius 1 is 0.736 bits per heavy atom. The number of nitrogens with zero attached hydrogens (tertiary/aromatic N) is 4. The highest BCUT2D eigenvalue weighted by Crippen LogP contribution is 2.31. The molecule has 0 amide bonds. The second kappa shape index (κ2) is 27.2. The predicted octanol–water partition coefficient (Wildman–Crippen LogP) is 5.31. The maximum atomic E-state index is 13.4. The smallest absolute Gasteiger partial charge is 0.364 e. The van der Waals surface area contributed by atoms with Crippen LogP contribution in [0.25, 0.3) is 0 Å². The van der Waals surface area contributed by atoms with Crippen molar-refractivity contribution >= 4 is 0 Å². The van der Waals surface area contributed by atoms with Gasteiger partial charge in [-0.1, -0.05) is 161 Å². The third-order valence-corrected chi connectivity index (χ3v) is 11.6. The first-order valence-electron chi connectivity index (χ1n) is 21.6. The summed E-state index contributed by atoms with van der Waals surface area (Å²) in [6.07, 6.45) is 20.5. The zero-order valence-corrected chi connectivity index (χ0v) is 32.9. The van der Waals surface area contributed by atoms with Crippen molar-refractivity contribution in [1.82, 2.24) is 19.8 Å². The van der Waals surface area contributed by atoms with Gasteiger partial charge in [-0.15, -0.1) is 0 Å². The molecule has 5 unspecified atom stereocenters. The van der Waals surface area contributed by atoms with Crippen LogP contribution >= 0.6 is 0 Å². The van der Waals surface area contributed by atoms with Gasteiger partial charge in [0.2, 0.25) is 0 Å². The number of aliphatic hydroxyl groups is 6. The number of tetrazole rings is 1. The normalized spacial score (nSPS) is 23.9. The average Bonchev–Trinajstić information content (AvgIpc) is 3.50. The lowest BCUT2D eigenvalue weighted by Crippen LogP contribution is -2.59. The third kappa shape index (κ3) is 16.7. The van der Waals surface area contributed by atoms with E-state index in [4.69, 9.17) is 9.47 Å². The van der Waals surface area contributed by atoms with Gasteiger partial charge in [0, 0.05) is 6.54 Å². The highest BCUT2D eigenvalue weighted by molar-refractivity contribution is 4.89. The van der Waals surface area contributed by atoms with Crippen molar-refractivity contribution in [2.75, 3.05) is 13.2 Å². The summed E-state index contributed by atoms with van der Waals surface area (Å²) in [7, 11) is 0. The number of hydrogen-bond acceptors (Lipinski definition) is 11. The molecule has 0 bridgehead atoms. The quantitative estimate of drug-likeness (QED) is 0.0522. The van der Waals surface area contributed by atoms with Gasteiger partial charge in [-0.25, -0.2) is 4.79 Å². The van der Waals surface area contributed by atoms with Crippen molar-refractivity contribution in [3.05, 3.63) is 10.5 Å². The van der Waals surface area contributed by atoms with E-state index in [9.17, 15) is 35.4 Å². The number of rotatable bonds is 32. The van der Waals surface area contributed by atoms with Gasteiger partial charge in [-0.2, -0.15) is 9.36 Å². The summed E-state index contributed by atoms with van der Waals surface area (Å²) >= 11 is 0. The van der Waals surface area contributed by atoms with Crippen LogP contribution in [-0.2, 0) is 16.0 Å². The first-order valence-corrected chi connectivity index (χ1v) is 21.6. The van der Waals surface area contributed by atoms with Crippen LogP contribution in [0.2, 0.25) is 0 Å². The molecule has 53 heavy (non-hydrogen) atoms. The van der Waals surface area contributed by atoms with Gasteiger partial charge in [-0.3, -0.25) is 0 Å². The average molecular weight is 757 g/mol. The van der Waals surface area contributed by atoms with Crippen LogP contribution < -0.4 is 5.69 Å². The van der Waals surface area contributed by atoms with Gasteiger partial charge >= 0.3 is 5.69 Å². The zero-order chi connectivity index (χ0) is 38.3. The molecule has 1 aromatic rings. The molecule has 1 aliphatic carbocycles. The Kier molecular flexibility index (Phi) is 23.6. The lowest BCUT2D eigenvalue weighted by Gasteiger charge is -2.40. The second-order valence-corrected chi connectivity index (χ2v) is 16.0. The summed E-state index contributed by atoms with van der Waals surface area (Å²) in [6.45, 7) is 1.56. The maximum Gasteiger partial charge on any atom is 0.364 e. The molecular weight excluding hydrogens is 680 g/mol. The molecular formula is C40H76N4O9. The first-order chi connectivity index (χ1) is 25.8. The zero-order valence-electron chi connectivity index (χ0n) is 32.9. The number of hydrogen-bond donors (Lipinski definition) is 6. The predicted molar refractivity (Wildman–Crippen MR) is 204 cm³/mol. The molecule has 2 aliphatic rings. The molecule has 8 atom stereocenters. The SMILES string of the molecule is CCCCCCCCCCCCCC[C@@H](O)[C@@H](O)[C@H](COC1OC(CO)C(O)C(O)C1O)n1nnn(CCCCCCCCCCCC2CCC2)c1=O. The van der Waals surface area contributed by atoms with Gasteiger partial charge in [0.25, 0.3) is 0 Å². The summed E-state index contributed by atoms with van der Waals surface area (Å²) in [5, 5.41) is 70.9. The minimum atomic E-state index is -1.65. The van der Waals surface area contributed by atoms with E-state index in [2.05, 4.69) is 17.4 Å². The molecule has 2 fully saturated rings. The Hall–Kier alpha value is -1.45. The van der Waals surface area contributed by atoms with Crippen LogP contribution in [0.1, 0.15) is 180 Å². The van der Waals surface area contributed by atoms with Crippen LogP contribution in [-0.4, -0.2) is 107 Å². The van der Waals surface area contributed by atoms with E-state index in [1.165, 1.54) is 120 Å². The highest BCUT2D eigenvalue weighted by atomic mass is 16.7. The van der Waals surface area contributed by atoms with E-state index in [1.54, 1.807) is 0 Å². The van der Waals surface area contributed by atoms with Gasteiger partial charge in [0.05, 0.1) is 19.3 Å². The van der Waals surface area contributed by atoms with Crippen LogP contribution in [0.5, 0.6) is 0 Å². The molecule has 1 saturated carbocycles. The topological polar surface area (TPSA) is 193 Å². The third-order valence-electron chi connectivity index (χ3n) is 11.6. The summed E-state index contributed by atoms with van der Waals surface area (Å²) in [6, 6.07) is -1.18. The van der Waals surface area contributed by atoms with E-state index in [0.29, 0.717) is 19.4 Å². The van der Waals surface area contributed by atoms with E-state index in [0.717, 1.165) is 49.1 Å². The first kappa shape index (κ1) is 45.9. The van der Waals surface area contributed by atoms with Crippen molar-refractivity contribution in [3.63, 3.8) is 0 Å². The molecule has 1 aromatic heterocycles. The molecule has 1 aliphatic heterocycles. The van der Waals surface area contributed by atoms with Crippen molar-refractivity contribution in [1.29, 1.82) is 0 Å². The van der Waals surface area contributed by atoms with Gasteiger partial charge in [0.1, 0.15) is 36.6 Å². The molecule has 2 heterocycles. The Morgan fingerprint density at radius 3 is 1.83 bits per heavy atom. The second-order valence-electron chi connectivity index (χ2n) is 16.0. The van der Waals surface area contributed by atoms with Crippen LogP contribution in [0.15, 0.2) is 4.79 Å². The summed E-state index contributed by atoms with van der Waals surface area (Å²) < 4.78 is 13.5. The van der Waals surface area contributed by atoms with Gasteiger partial charge in [0.15, 0.2) is 6.29 Å². The van der Waals surface area contributed by atoms with Crippen LogP contribution in [0.4, 0.5) is 0 Å². The van der Waals surface area contributed by atoms with E-state index in [-0.39, 0.29) is 0 Å². The van der Waals surface area contributed by atoms with Crippen molar-refractivity contribution in [2.45, 2.75) is 229 Å². The largest absolute Gasteiger partial charge is 0.394 e. The van der Waals surface area contributed by atoms with Crippen LogP contribution in [0, 0.1) is 5.92 Å². The highest BCUT2D eigenvalue weighted by Gasteiger charge is 2.45. The summed E-state index contributed by atoms with van der Waals surface area (Å²) in [5.41, 5.74) is -0.550. The molecule has 0 spiro atoms. The fraction of sp³-hybridized carbons (Fsp3) is 0.975. The lowest BCUT2D eigenvalue weighted by molar-refractivity contribution is -0.304. The minimum absolute atomic E-state index is 0.318. The Morgan fingerprint density at radius 2 is 1.28 bits per heavy atom. The molecule has 13 nitrogen and oxygen atoms in total. The standard InChI is InChI=1S/C40H76N4O9/c1-2-3-4-5-6-7-8-9-12-15-18-21-27-33(46)35(47)32(30-52-39-38(50)37(49)36(48)34(29-45)53-39)44-40(51)43(41-42-44)28-22-19-16-13-10-11-14-17-20-24-31-25-23-26-31/h31-39,45-50H,2-30H2,1H3/t32-,33+,34?,35-,36?,37?,38?,39?/m0/s1. The van der Waals surface area contributed by atoms with Crippen molar-refractivity contribution in [2.24, 2.45) is 5.92 Å². The molecule has 0 radical (unpaired) electrons. The van der Waals surface area contributed by atoms with E-state index < -0.39 is 67.9 Å². The number of aryl methyl sites for hydroxylation is 1. The van der Waals surface area contributed by atoms with Crippen LogP contribution in [0.3, 0.4) is 0 Å². The fourth-order valence-electron chi connectivity index (χ4n) is 7.68. The molecule has 6 N–H and O–H groups in total. The fourth-order valence-corrected chi connectivity index (χ4v) is 7.68. The minimum Gasteiger partial charge on any atom is -0.394 e. The van der Waals surface area contributed by atoms with Crippen molar-refractivity contribution < 1.29 is 40.1 Å². The van der Waals surface area contributed by atoms with Crippen molar-refractivity contribution in [3.8, 4) is 0 Å². The Bertz CT molecular complexity index is 1100. The number of unbranched alkanes of at least 4 members (excludes halogenated alkanes) is 19. The number of ether oxygens (including phenoxy) is 2. The Balaban J connectivity index is 1.45. The van der Waals surface area contributed by atoms with E-state index >= 15 is 0 Å². The monoisotopic (exact) mass is 757 g/mol.